The molecular formula is C23H26N4O2. The fourth-order valence-electron chi connectivity index (χ4n) is 4.04. The van der Waals surface area contributed by atoms with E-state index in [2.05, 4.69) is 29.2 Å². The number of amides is 2. The Kier molecular flexibility index (Phi) is 5.62. The third kappa shape index (κ3) is 4.32. The normalized spacial score (nSPS) is 15.4. The van der Waals surface area contributed by atoms with Crippen molar-refractivity contribution in [3.8, 4) is 0 Å². The Hall–Kier alpha value is -3.12. The number of rotatable bonds is 5. The maximum Gasteiger partial charge on any atom is 0.250 e. The van der Waals surface area contributed by atoms with Gasteiger partial charge < -0.3 is 15.2 Å². The number of para-hydroxylation sites is 1. The van der Waals surface area contributed by atoms with E-state index < -0.39 is 5.91 Å². The van der Waals surface area contributed by atoms with Crippen LogP contribution in [0.1, 0.15) is 22.3 Å². The molecular weight excluding hydrogens is 364 g/mol. The van der Waals surface area contributed by atoms with Gasteiger partial charge in [0.15, 0.2) is 0 Å². The Morgan fingerprint density at radius 3 is 2.45 bits per heavy atom. The zero-order chi connectivity index (χ0) is 20.2. The summed E-state index contributed by atoms with van der Waals surface area (Å²) in [6.45, 7) is 4.44. The van der Waals surface area contributed by atoms with Crippen molar-refractivity contribution in [1.29, 1.82) is 0 Å². The van der Waals surface area contributed by atoms with Crippen LogP contribution in [0.3, 0.4) is 0 Å². The lowest BCUT2D eigenvalue weighted by Crippen LogP contribution is -2.37. The number of nitrogens with zero attached hydrogens (tertiary/aromatic N) is 3. The van der Waals surface area contributed by atoms with Crippen LogP contribution in [0.4, 0.5) is 0 Å². The van der Waals surface area contributed by atoms with Crippen LogP contribution in [-0.4, -0.2) is 52.4 Å². The van der Waals surface area contributed by atoms with Crippen molar-refractivity contribution in [2.24, 2.45) is 5.73 Å². The second-order valence-electron chi connectivity index (χ2n) is 7.55. The molecule has 1 aromatic heterocycles. The Bertz CT molecular complexity index is 1010. The molecule has 0 bridgehead atoms. The van der Waals surface area contributed by atoms with Crippen LogP contribution in [0.25, 0.3) is 10.9 Å². The van der Waals surface area contributed by atoms with Crippen LogP contribution in [-0.2, 0) is 17.9 Å². The summed E-state index contributed by atoms with van der Waals surface area (Å²) in [6.07, 6.45) is 2.65. The van der Waals surface area contributed by atoms with Crippen molar-refractivity contribution in [2.45, 2.75) is 19.5 Å². The number of hydrogen-bond donors (Lipinski definition) is 1. The SMILES string of the molecule is NC(=O)c1cn(CC(=O)N2CCCN(Cc3ccccc3)CC2)c2ccccc12. The molecule has 29 heavy (non-hydrogen) atoms. The van der Waals surface area contributed by atoms with Crippen LogP contribution in [0.2, 0.25) is 0 Å². The summed E-state index contributed by atoms with van der Waals surface area (Å²) < 4.78 is 1.84. The van der Waals surface area contributed by atoms with Gasteiger partial charge in [-0.15, -0.1) is 0 Å². The van der Waals surface area contributed by atoms with Crippen molar-refractivity contribution in [3.05, 3.63) is 71.9 Å². The Labute approximate surface area is 170 Å². The fraction of sp³-hybridized carbons (Fsp3) is 0.304. The summed E-state index contributed by atoms with van der Waals surface area (Å²) in [7, 11) is 0. The third-order valence-electron chi connectivity index (χ3n) is 5.55. The number of aromatic nitrogens is 1. The van der Waals surface area contributed by atoms with Crippen molar-refractivity contribution in [3.63, 3.8) is 0 Å². The van der Waals surface area contributed by atoms with Gasteiger partial charge in [0, 0.05) is 49.8 Å². The van der Waals surface area contributed by atoms with E-state index in [0.29, 0.717) is 12.1 Å². The summed E-state index contributed by atoms with van der Waals surface area (Å²) in [5, 5.41) is 0.790. The Morgan fingerprint density at radius 1 is 0.897 bits per heavy atom. The van der Waals surface area contributed by atoms with Gasteiger partial charge in [-0.2, -0.15) is 0 Å². The molecule has 1 aliphatic heterocycles. The summed E-state index contributed by atoms with van der Waals surface area (Å²) in [5.41, 5.74) is 8.12. The molecule has 2 N–H and O–H groups in total. The van der Waals surface area contributed by atoms with Gasteiger partial charge in [-0.05, 0) is 18.1 Å². The summed E-state index contributed by atoms with van der Waals surface area (Å²) >= 11 is 0. The second-order valence-corrected chi connectivity index (χ2v) is 7.55. The van der Waals surface area contributed by atoms with Gasteiger partial charge in [0.25, 0.3) is 5.91 Å². The molecule has 2 amide bonds. The zero-order valence-electron chi connectivity index (χ0n) is 16.5. The van der Waals surface area contributed by atoms with Gasteiger partial charge in [-0.3, -0.25) is 14.5 Å². The molecule has 4 rings (SSSR count). The highest BCUT2D eigenvalue weighted by Gasteiger charge is 2.21. The number of nitrogens with two attached hydrogens (primary N) is 1. The molecule has 0 radical (unpaired) electrons. The van der Waals surface area contributed by atoms with E-state index in [0.717, 1.165) is 43.5 Å². The predicted octanol–water partition coefficient (Wildman–Crippen LogP) is 2.47. The highest BCUT2D eigenvalue weighted by Crippen LogP contribution is 2.21. The average molecular weight is 390 g/mol. The Balaban J connectivity index is 1.43. The number of hydrogen-bond acceptors (Lipinski definition) is 3. The molecule has 1 saturated heterocycles. The molecule has 0 saturated carbocycles. The van der Waals surface area contributed by atoms with E-state index in [1.807, 2.05) is 39.8 Å². The van der Waals surface area contributed by atoms with E-state index >= 15 is 0 Å². The van der Waals surface area contributed by atoms with Crippen LogP contribution >= 0.6 is 0 Å². The van der Waals surface area contributed by atoms with E-state index in [-0.39, 0.29) is 12.5 Å². The first kappa shape index (κ1) is 19.2. The van der Waals surface area contributed by atoms with E-state index in [1.54, 1.807) is 6.20 Å². The van der Waals surface area contributed by atoms with E-state index in [4.69, 9.17) is 5.73 Å². The molecule has 0 spiro atoms. The van der Waals surface area contributed by atoms with Gasteiger partial charge in [-0.1, -0.05) is 48.5 Å². The monoisotopic (exact) mass is 390 g/mol. The molecule has 2 aromatic carbocycles. The van der Waals surface area contributed by atoms with E-state index in [1.165, 1.54) is 5.56 Å². The number of carbonyl (C=O) groups excluding carboxylic acids is 2. The zero-order valence-corrected chi connectivity index (χ0v) is 16.5. The molecule has 150 valence electrons. The van der Waals surface area contributed by atoms with Gasteiger partial charge in [0.1, 0.15) is 6.54 Å². The van der Waals surface area contributed by atoms with Crippen LogP contribution < -0.4 is 5.73 Å². The first-order valence-electron chi connectivity index (χ1n) is 10.0. The molecule has 6 nitrogen and oxygen atoms in total. The molecule has 3 aromatic rings. The first-order chi connectivity index (χ1) is 14.1. The van der Waals surface area contributed by atoms with Crippen LogP contribution in [0, 0.1) is 0 Å². The second kappa shape index (κ2) is 8.49. The lowest BCUT2D eigenvalue weighted by Gasteiger charge is -2.22. The maximum absolute atomic E-state index is 13.0. The lowest BCUT2D eigenvalue weighted by atomic mass is 10.2. The molecule has 0 unspecified atom stereocenters. The summed E-state index contributed by atoms with van der Waals surface area (Å²) in [6, 6.07) is 18.0. The summed E-state index contributed by atoms with van der Waals surface area (Å²) in [4.78, 5) is 29.1. The van der Waals surface area contributed by atoms with Crippen LogP contribution in [0.5, 0.6) is 0 Å². The molecule has 6 heteroatoms. The van der Waals surface area contributed by atoms with E-state index in [9.17, 15) is 9.59 Å². The molecule has 1 aliphatic rings. The smallest absolute Gasteiger partial charge is 0.250 e. The van der Waals surface area contributed by atoms with Gasteiger partial charge in [0.05, 0.1) is 5.56 Å². The van der Waals surface area contributed by atoms with Crippen LogP contribution in [0.15, 0.2) is 60.8 Å². The average Bonchev–Trinajstić information content (AvgIpc) is 2.93. The minimum atomic E-state index is -0.473. The largest absolute Gasteiger partial charge is 0.366 e. The molecule has 2 heterocycles. The molecule has 0 atom stereocenters. The first-order valence-corrected chi connectivity index (χ1v) is 10.0. The number of primary amides is 1. The van der Waals surface area contributed by atoms with Crippen molar-refractivity contribution in [1.82, 2.24) is 14.4 Å². The van der Waals surface area contributed by atoms with Gasteiger partial charge in [0.2, 0.25) is 5.91 Å². The standard InChI is InChI=1S/C23H26N4O2/c24-23(29)20-16-27(21-10-5-4-9-19(20)21)17-22(28)26-12-6-11-25(13-14-26)15-18-7-2-1-3-8-18/h1-5,7-10,16H,6,11-15,17H2,(H2,24,29). The van der Waals surface area contributed by atoms with Gasteiger partial charge >= 0.3 is 0 Å². The highest BCUT2D eigenvalue weighted by atomic mass is 16.2. The molecule has 0 aliphatic carbocycles. The van der Waals surface area contributed by atoms with Gasteiger partial charge in [-0.25, -0.2) is 0 Å². The topological polar surface area (TPSA) is 71.6 Å². The third-order valence-corrected chi connectivity index (χ3v) is 5.55. The number of fused-ring (bicyclic) bond motifs is 1. The number of benzene rings is 2. The minimum Gasteiger partial charge on any atom is -0.366 e. The Morgan fingerprint density at radius 2 is 1.66 bits per heavy atom. The minimum absolute atomic E-state index is 0.0725. The van der Waals surface area contributed by atoms with Crippen molar-refractivity contribution in [2.75, 3.05) is 26.2 Å². The maximum atomic E-state index is 13.0. The predicted molar refractivity (Wildman–Crippen MR) is 113 cm³/mol. The lowest BCUT2D eigenvalue weighted by molar-refractivity contribution is -0.131. The summed E-state index contributed by atoms with van der Waals surface area (Å²) in [5.74, 6) is -0.401. The quantitative estimate of drug-likeness (QED) is 0.728. The van der Waals surface area contributed by atoms with Crippen molar-refractivity contribution < 1.29 is 9.59 Å². The number of carbonyl (C=O) groups is 2. The highest BCUT2D eigenvalue weighted by molar-refractivity contribution is 6.06. The fourth-order valence-corrected chi connectivity index (χ4v) is 4.04. The molecule has 1 fully saturated rings. The van der Waals surface area contributed by atoms with Crippen molar-refractivity contribution >= 4 is 22.7 Å².